The summed E-state index contributed by atoms with van der Waals surface area (Å²) in [6.45, 7) is 2.38. The fourth-order valence-electron chi connectivity index (χ4n) is 3.90. The second-order valence-electron chi connectivity index (χ2n) is 7.42. The van der Waals surface area contributed by atoms with Crippen molar-refractivity contribution in [3.63, 3.8) is 0 Å². The molecule has 3 heterocycles. The molecule has 4 rings (SSSR count). The molecule has 0 aliphatic carbocycles. The Balaban J connectivity index is 1.85. The van der Waals surface area contributed by atoms with Gasteiger partial charge in [-0.2, -0.15) is 17.0 Å². The zero-order valence-corrected chi connectivity index (χ0v) is 17.4. The van der Waals surface area contributed by atoms with Gasteiger partial charge in [0.25, 0.3) is 5.56 Å². The first kappa shape index (κ1) is 19.5. The van der Waals surface area contributed by atoms with Crippen LogP contribution in [0.2, 0.25) is 0 Å². The highest BCUT2D eigenvalue weighted by molar-refractivity contribution is 7.99. The van der Waals surface area contributed by atoms with Crippen LogP contribution in [0.3, 0.4) is 0 Å². The quantitative estimate of drug-likeness (QED) is 0.715. The molecule has 7 heteroatoms. The molecule has 2 aromatic heterocycles. The Morgan fingerprint density at radius 3 is 2.66 bits per heavy atom. The number of nitrogens with zero attached hydrogens (tertiary/aromatic N) is 4. The van der Waals surface area contributed by atoms with Gasteiger partial charge in [-0.05, 0) is 42.9 Å². The van der Waals surface area contributed by atoms with Gasteiger partial charge in [0.15, 0.2) is 0 Å². The highest BCUT2D eigenvalue weighted by Crippen LogP contribution is 2.38. The lowest BCUT2D eigenvalue weighted by molar-refractivity contribution is 0.471. The van der Waals surface area contributed by atoms with Crippen LogP contribution >= 0.6 is 11.8 Å². The van der Waals surface area contributed by atoms with Gasteiger partial charge in [-0.15, -0.1) is 0 Å². The number of aryl methyl sites for hydroxylation is 1. The fraction of sp³-hybridized carbons (Fsp3) is 0.364. The lowest BCUT2D eigenvalue weighted by atomic mass is 9.79. The first-order valence-electron chi connectivity index (χ1n) is 9.70. The molecule has 148 valence electrons. The van der Waals surface area contributed by atoms with Crippen LogP contribution in [0.1, 0.15) is 29.9 Å². The molecule has 1 aliphatic rings. The van der Waals surface area contributed by atoms with Gasteiger partial charge >= 0.3 is 0 Å². The van der Waals surface area contributed by atoms with Crippen molar-refractivity contribution < 1.29 is 0 Å². The van der Waals surface area contributed by atoms with E-state index >= 15 is 0 Å². The van der Waals surface area contributed by atoms with E-state index in [1.807, 2.05) is 48.2 Å². The van der Waals surface area contributed by atoms with Gasteiger partial charge in [0.1, 0.15) is 17.2 Å². The van der Waals surface area contributed by atoms with Crippen molar-refractivity contribution in [1.29, 1.82) is 5.26 Å². The molecule has 0 bridgehead atoms. The fourth-order valence-corrected chi connectivity index (χ4v) is 5.09. The monoisotopic (exact) mass is 405 g/mol. The number of fused-ring (bicyclic) bond motifs is 1. The summed E-state index contributed by atoms with van der Waals surface area (Å²) in [6.07, 6.45) is 1.49. The number of aromatic nitrogens is 3. The van der Waals surface area contributed by atoms with Gasteiger partial charge in [0, 0.05) is 19.3 Å². The summed E-state index contributed by atoms with van der Waals surface area (Å²) in [5, 5.41) is 14.1. The van der Waals surface area contributed by atoms with Gasteiger partial charge < -0.3 is 9.88 Å². The Morgan fingerprint density at radius 2 is 1.97 bits per heavy atom. The van der Waals surface area contributed by atoms with E-state index in [9.17, 15) is 10.1 Å². The maximum atomic E-state index is 13.2. The third kappa shape index (κ3) is 3.60. The number of nitrogens with one attached hydrogen (secondary N) is 1. The largest absolute Gasteiger partial charge is 0.365 e. The third-order valence-electron chi connectivity index (χ3n) is 5.56. The van der Waals surface area contributed by atoms with E-state index in [-0.39, 0.29) is 5.56 Å². The minimum absolute atomic E-state index is 0.182. The van der Waals surface area contributed by atoms with Crippen LogP contribution in [0.15, 0.2) is 41.2 Å². The van der Waals surface area contributed by atoms with Crippen LogP contribution in [0.25, 0.3) is 10.9 Å². The number of pyridine rings is 1. The topological polar surface area (TPSA) is 83.6 Å². The predicted molar refractivity (Wildman–Crippen MR) is 117 cm³/mol. The number of rotatable bonds is 4. The van der Waals surface area contributed by atoms with Crippen molar-refractivity contribution in [2.75, 3.05) is 16.8 Å². The van der Waals surface area contributed by atoms with Gasteiger partial charge in [-0.1, -0.05) is 30.3 Å². The summed E-state index contributed by atoms with van der Waals surface area (Å²) in [5.41, 5.74) is 1.44. The van der Waals surface area contributed by atoms with Gasteiger partial charge in [-0.3, -0.25) is 4.79 Å². The standard InChI is InChI=1S/C22H23N5OS/c1-15-25-19-17(20(26-15)24-13-16-6-4-3-5-7-16)12-18(27(2)21(19)28)22(14-23)8-10-29-11-9-22/h3-7,12H,8-11,13H2,1-2H3,(H,24,25,26). The summed E-state index contributed by atoms with van der Waals surface area (Å²) in [4.78, 5) is 22.1. The van der Waals surface area contributed by atoms with Crippen LogP contribution in [0.5, 0.6) is 0 Å². The van der Waals surface area contributed by atoms with Crippen molar-refractivity contribution in [1.82, 2.24) is 14.5 Å². The predicted octanol–water partition coefficient (Wildman–Crippen LogP) is 3.54. The molecule has 0 unspecified atom stereocenters. The Morgan fingerprint density at radius 1 is 1.24 bits per heavy atom. The van der Waals surface area contributed by atoms with Crippen LogP contribution in [0, 0.1) is 18.3 Å². The first-order chi connectivity index (χ1) is 14.0. The Kier molecular flexibility index (Phi) is 5.29. The van der Waals surface area contributed by atoms with E-state index in [4.69, 9.17) is 0 Å². The van der Waals surface area contributed by atoms with Crippen molar-refractivity contribution in [3.8, 4) is 6.07 Å². The van der Waals surface area contributed by atoms with E-state index < -0.39 is 5.41 Å². The van der Waals surface area contributed by atoms with Crippen LogP contribution in [-0.2, 0) is 19.0 Å². The molecule has 0 atom stereocenters. The highest BCUT2D eigenvalue weighted by atomic mass is 32.2. The highest BCUT2D eigenvalue weighted by Gasteiger charge is 2.37. The smallest absolute Gasteiger partial charge is 0.277 e. The summed E-state index contributed by atoms with van der Waals surface area (Å²) < 4.78 is 1.61. The Labute approximate surface area is 174 Å². The normalized spacial score (nSPS) is 15.8. The maximum absolute atomic E-state index is 13.2. The molecule has 0 spiro atoms. The molecule has 1 saturated heterocycles. The average molecular weight is 406 g/mol. The summed E-state index contributed by atoms with van der Waals surface area (Å²) in [5.74, 6) is 3.02. The minimum Gasteiger partial charge on any atom is -0.365 e. The molecule has 1 aliphatic heterocycles. The van der Waals surface area contributed by atoms with Crippen molar-refractivity contribution in [2.45, 2.75) is 31.7 Å². The summed E-state index contributed by atoms with van der Waals surface area (Å²) in [6, 6.07) is 14.5. The number of hydrogen-bond donors (Lipinski definition) is 1. The molecule has 1 fully saturated rings. The number of nitriles is 1. The second kappa shape index (κ2) is 7.88. The van der Waals surface area contributed by atoms with Gasteiger partial charge in [0.05, 0.1) is 16.9 Å². The minimum atomic E-state index is -0.644. The van der Waals surface area contributed by atoms with Crippen molar-refractivity contribution in [3.05, 3.63) is 63.8 Å². The van der Waals surface area contributed by atoms with E-state index in [0.717, 1.165) is 35.6 Å². The summed E-state index contributed by atoms with van der Waals surface area (Å²) >= 11 is 1.86. The van der Waals surface area contributed by atoms with Gasteiger partial charge in [-0.25, -0.2) is 9.97 Å². The lowest BCUT2D eigenvalue weighted by Crippen LogP contribution is -2.36. The molecule has 0 radical (unpaired) electrons. The Bertz CT molecular complexity index is 1140. The molecule has 1 aromatic carbocycles. The van der Waals surface area contributed by atoms with E-state index in [2.05, 4.69) is 21.4 Å². The zero-order valence-electron chi connectivity index (χ0n) is 16.6. The number of benzene rings is 1. The maximum Gasteiger partial charge on any atom is 0.277 e. The molecule has 3 aromatic rings. The van der Waals surface area contributed by atoms with Crippen molar-refractivity contribution in [2.24, 2.45) is 7.05 Å². The molecule has 29 heavy (non-hydrogen) atoms. The van der Waals surface area contributed by atoms with Crippen molar-refractivity contribution >= 4 is 28.5 Å². The number of hydrogen-bond acceptors (Lipinski definition) is 6. The summed E-state index contributed by atoms with van der Waals surface area (Å²) in [7, 11) is 1.74. The van der Waals surface area contributed by atoms with Crippen LogP contribution in [-0.4, -0.2) is 26.0 Å². The molecule has 0 saturated carbocycles. The number of anilines is 1. The van der Waals surface area contributed by atoms with Gasteiger partial charge in [0.2, 0.25) is 0 Å². The number of thioether (sulfide) groups is 1. The molecular weight excluding hydrogens is 382 g/mol. The molecule has 1 N–H and O–H groups in total. The van der Waals surface area contributed by atoms with E-state index in [1.165, 1.54) is 0 Å². The zero-order chi connectivity index (χ0) is 20.4. The Hall–Kier alpha value is -2.85. The molecule has 6 nitrogen and oxygen atoms in total. The van der Waals surface area contributed by atoms with Crippen LogP contribution in [0.4, 0.5) is 5.82 Å². The third-order valence-corrected chi connectivity index (χ3v) is 6.55. The lowest BCUT2D eigenvalue weighted by Gasteiger charge is -2.32. The molecule has 0 amide bonds. The second-order valence-corrected chi connectivity index (χ2v) is 8.65. The van der Waals surface area contributed by atoms with E-state index in [0.29, 0.717) is 29.1 Å². The molecular formula is C22H23N5OS. The van der Waals surface area contributed by atoms with Crippen LogP contribution < -0.4 is 10.9 Å². The SMILES string of the molecule is Cc1nc(NCc2ccccc2)c2cc(C3(C#N)CCSCC3)n(C)c(=O)c2n1. The van der Waals surface area contributed by atoms with E-state index in [1.54, 1.807) is 18.5 Å². The first-order valence-corrected chi connectivity index (χ1v) is 10.9. The average Bonchev–Trinajstić information content (AvgIpc) is 2.76.